The highest BCUT2D eigenvalue weighted by molar-refractivity contribution is 14.0. The SMILES string of the molecule is CN=C(NCc1ccc(S(=O)(=O)N(C)C)cc1)NCC1(c2ccccc2)CCCC1.I. The molecule has 2 aromatic carbocycles. The van der Waals surface area contributed by atoms with Gasteiger partial charge in [-0.1, -0.05) is 55.3 Å². The first-order valence-corrected chi connectivity index (χ1v) is 11.8. The molecule has 0 saturated heterocycles. The first-order chi connectivity index (χ1) is 14.4. The first-order valence-electron chi connectivity index (χ1n) is 10.4. The summed E-state index contributed by atoms with van der Waals surface area (Å²) in [6, 6.07) is 17.7. The summed E-state index contributed by atoms with van der Waals surface area (Å²) < 4.78 is 25.6. The minimum absolute atomic E-state index is 0. The topological polar surface area (TPSA) is 73.8 Å². The molecule has 0 atom stereocenters. The lowest BCUT2D eigenvalue weighted by molar-refractivity contribution is 0.431. The molecule has 0 bridgehead atoms. The Labute approximate surface area is 203 Å². The Balaban J connectivity index is 0.00000341. The van der Waals surface area contributed by atoms with E-state index in [1.165, 1.54) is 49.6 Å². The molecule has 0 amide bonds. The summed E-state index contributed by atoms with van der Waals surface area (Å²) >= 11 is 0. The Morgan fingerprint density at radius 3 is 2.16 bits per heavy atom. The number of nitrogens with zero attached hydrogens (tertiary/aromatic N) is 2. The van der Waals surface area contributed by atoms with Gasteiger partial charge in [0, 0.05) is 39.6 Å². The Morgan fingerprint density at radius 1 is 1.00 bits per heavy atom. The summed E-state index contributed by atoms with van der Waals surface area (Å²) in [6.45, 7) is 1.41. The van der Waals surface area contributed by atoms with Gasteiger partial charge in [0.2, 0.25) is 10.0 Å². The molecule has 0 radical (unpaired) electrons. The van der Waals surface area contributed by atoms with Gasteiger partial charge in [-0.15, -0.1) is 24.0 Å². The molecule has 0 aliphatic heterocycles. The maximum atomic E-state index is 12.2. The Bertz CT molecular complexity index is 955. The molecular formula is C23H33IN4O2S. The second-order valence-corrected chi connectivity index (χ2v) is 10.2. The van der Waals surface area contributed by atoms with Gasteiger partial charge in [-0.05, 0) is 36.1 Å². The van der Waals surface area contributed by atoms with Gasteiger partial charge in [-0.3, -0.25) is 4.99 Å². The average molecular weight is 557 g/mol. The third-order valence-corrected chi connectivity index (χ3v) is 7.76. The van der Waals surface area contributed by atoms with Crippen LogP contribution in [-0.4, -0.2) is 46.4 Å². The van der Waals surface area contributed by atoms with Crippen molar-refractivity contribution in [1.29, 1.82) is 0 Å². The van der Waals surface area contributed by atoms with Crippen LogP contribution in [0.5, 0.6) is 0 Å². The van der Waals surface area contributed by atoms with Crippen molar-refractivity contribution in [3.63, 3.8) is 0 Å². The second kappa shape index (κ2) is 11.3. The fourth-order valence-corrected chi connectivity index (χ4v) is 4.96. The minimum atomic E-state index is -3.40. The van der Waals surface area contributed by atoms with E-state index < -0.39 is 10.0 Å². The lowest BCUT2D eigenvalue weighted by atomic mass is 9.79. The third kappa shape index (κ3) is 6.20. The fourth-order valence-electron chi connectivity index (χ4n) is 4.06. The number of rotatable bonds is 7. The van der Waals surface area contributed by atoms with E-state index in [0.717, 1.165) is 18.1 Å². The van der Waals surface area contributed by atoms with Crippen molar-refractivity contribution in [3.8, 4) is 0 Å². The van der Waals surface area contributed by atoms with Crippen LogP contribution in [0.1, 0.15) is 36.8 Å². The average Bonchev–Trinajstić information content (AvgIpc) is 3.25. The molecule has 0 aromatic heterocycles. The van der Waals surface area contributed by atoms with Crippen molar-refractivity contribution in [2.45, 2.75) is 42.5 Å². The van der Waals surface area contributed by atoms with Crippen LogP contribution < -0.4 is 10.6 Å². The summed E-state index contributed by atoms with van der Waals surface area (Å²) in [5, 5.41) is 6.85. The van der Waals surface area contributed by atoms with Crippen LogP contribution in [0.4, 0.5) is 0 Å². The predicted molar refractivity (Wildman–Crippen MR) is 138 cm³/mol. The van der Waals surface area contributed by atoms with E-state index in [1.54, 1.807) is 19.2 Å². The molecule has 170 valence electrons. The Hall–Kier alpha value is -1.65. The molecule has 1 aliphatic rings. The maximum Gasteiger partial charge on any atom is 0.242 e. The van der Waals surface area contributed by atoms with E-state index >= 15 is 0 Å². The van der Waals surface area contributed by atoms with E-state index in [-0.39, 0.29) is 29.4 Å². The molecule has 2 N–H and O–H groups in total. The van der Waals surface area contributed by atoms with Crippen LogP contribution in [0.2, 0.25) is 0 Å². The largest absolute Gasteiger partial charge is 0.356 e. The smallest absolute Gasteiger partial charge is 0.242 e. The van der Waals surface area contributed by atoms with Gasteiger partial charge >= 0.3 is 0 Å². The predicted octanol–water partition coefficient (Wildman–Crippen LogP) is 3.73. The van der Waals surface area contributed by atoms with Crippen LogP contribution in [0, 0.1) is 0 Å². The molecule has 31 heavy (non-hydrogen) atoms. The summed E-state index contributed by atoms with van der Waals surface area (Å²) in [4.78, 5) is 4.66. The van der Waals surface area contributed by atoms with Crippen LogP contribution in [-0.2, 0) is 22.0 Å². The van der Waals surface area contributed by atoms with Crippen molar-refractivity contribution < 1.29 is 8.42 Å². The van der Waals surface area contributed by atoms with Crippen LogP contribution >= 0.6 is 24.0 Å². The molecule has 1 aliphatic carbocycles. The highest BCUT2D eigenvalue weighted by atomic mass is 127. The van der Waals surface area contributed by atoms with Gasteiger partial charge in [0.25, 0.3) is 0 Å². The van der Waals surface area contributed by atoms with Gasteiger partial charge in [0.1, 0.15) is 0 Å². The minimum Gasteiger partial charge on any atom is -0.356 e. The molecule has 6 nitrogen and oxygen atoms in total. The van der Waals surface area contributed by atoms with E-state index in [2.05, 4.69) is 46.0 Å². The van der Waals surface area contributed by atoms with Crippen LogP contribution in [0.3, 0.4) is 0 Å². The number of halogens is 1. The highest BCUT2D eigenvalue weighted by Gasteiger charge is 2.35. The van der Waals surface area contributed by atoms with E-state index in [0.29, 0.717) is 11.4 Å². The second-order valence-electron chi connectivity index (χ2n) is 8.06. The van der Waals surface area contributed by atoms with E-state index in [9.17, 15) is 8.42 Å². The summed E-state index contributed by atoms with van der Waals surface area (Å²) in [5.74, 6) is 0.752. The van der Waals surface area contributed by atoms with Crippen molar-refractivity contribution in [1.82, 2.24) is 14.9 Å². The molecule has 2 aromatic rings. The molecule has 0 heterocycles. The van der Waals surface area contributed by atoms with Crippen molar-refractivity contribution >= 4 is 40.0 Å². The lowest BCUT2D eigenvalue weighted by Crippen LogP contribution is -2.44. The zero-order chi connectivity index (χ0) is 21.6. The normalized spacial score (nSPS) is 16.1. The summed E-state index contributed by atoms with van der Waals surface area (Å²) in [5.41, 5.74) is 2.54. The number of hydrogen-bond acceptors (Lipinski definition) is 3. The number of aliphatic imine (C=N–C) groups is 1. The quantitative estimate of drug-likeness (QED) is 0.310. The summed E-state index contributed by atoms with van der Waals surface area (Å²) in [6.07, 6.45) is 4.88. The molecular weight excluding hydrogens is 523 g/mol. The van der Waals surface area contributed by atoms with Crippen LogP contribution in [0.15, 0.2) is 64.5 Å². The van der Waals surface area contributed by atoms with E-state index in [1.807, 2.05) is 12.1 Å². The van der Waals surface area contributed by atoms with Crippen molar-refractivity contribution in [2.24, 2.45) is 4.99 Å². The van der Waals surface area contributed by atoms with E-state index in [4.69, 9.17) is 0 Å². The van der Waals surface area contributed by atoms with Gasteiger partial charge in [-0.25, -0.2) is 12.7 Å². The fraction of sp³-hybridized carbons (Fsp3) is 0.435. The zero-order valence-electron chi connectivity index (χ0n) is 18.5. The zero-order valence-corrected chi connectivity index (χ0v) is 21.6. The lowest BCUT2D eigenvalue weighted by Gasteiger charge is -2.30. The van der Waals surface area contributed by atoms with Gasteiger partial charge in [0.05, 0.1) is 4.90 Å². The number of sulfonamides is 1. The third-order valence-electron chi connectivity index (χ3n) is 5.93. The van der Waals surface area contributed by atoms with Gasteiger partial charge < -0.3 is 10.6 Å². The summed E-state index contributed by atoms with van der Waals surface area (Å²) in [7, 11) is 1.44. The first kappa shape index (κ1) is 25.6. The van der Waals surface area contributed by atoms with Crippen LogP contribution in [0.25, 0.3) is 0 Å². The molecule has 0 spiro atoms. The Kier molecular flexibility index (Phi) is 9.32. The number of nitrogens with one attached hydrogen (secondary N) is 2. The van der Waals surface area contributed by atoms with Crippen molar-refractivity contribution in [3.05, 3.63) is 65.7 Å². The number of guanidine groups is 1. The van der Waals surface area contributed by atoms with Gasteiger partial charge in [0.15, 0.2) is 5.96 Å². The molecule has 0 unspecified atom stereocenters. The molecule has 1 fully saturated rings. The number of benzene rings is 2. The molecule has 1 saturated carbocycles. The Morgan fingerprint density at radius 2 is 1.61 bits per heavy atom. The monoisotopic (exact) mass is 556 g/mol. The number of hydrogen-bond donors (Lipinski definition) is 2. The van der Waals surface area contributed by atoms with Gasteiger partial charge in [-0.2, -0.15) is 0 Å². The maximum absolute atomic E-state index is 12.2. The highest BCUT2D eigenvalue weighted by Crippen LogP contribution is 2.40. The molecule has 8 heteroatoms. The van der Waals surface area contributed by atoms with Crippen molar-refractivity contribution in [2.75, 3.05) is 27.7 Å². The molecule has 3 rings (SSSR count). The standard InChI is InChI=1S/C23H32N4O2S.HI/c1-24-22(25-17-19-11-13-21(14-12-19)30(28,29)27(2)3)26-18-23(15-7-8-16-23)20-9-5-4-6-10-20;/h4-6,9-14H,7-8,15-18H2,1-3H3,(H2,24,25,26);1H.